The van der Waals surface area contributed by atoms with E-state index in [-0.39, 0.29) is 30.2 Å². The normalized spacial score (nSPS) is 19.1. The number of amides is 3. The number of anilines is 1. The van der Waals surface area contributed by atoms with Crippen molar-refractivity contribution in [2.75, 3.05) is 18.4 Å². The van der Waals surface area contributed by atoms with Gasteiger partial charge in [0.05, 0.1) is 6.04 Å². The van der Waals surface area contributed by atoms with Crippen LogP contribution in [-0.4, -0.2) is 51.1 Å². The van der Waals surface area contributed by atoms with E-state index in [1.54, 1.807) is 36.7 Å². The monoisotopic (exact) mass is 465 g/mol. The van der Waals surface area contributed by atoms with Gasteiger partial charge in [-0.1, -0.05) is 17.8 Å². The van der Waals surface area contributed by atoms with Crippen LogP contribution in [0.2, 0.25) is 0 Å². The maximum atomic E-state index is 12.7. The zero-order valence-corrected chi connectivity index (χ0v) is 19.3. The van der Waals surface area contributed by atoms with E-state index in [1.807, 2.05) is 19.1 Å². The molecule has 8 nitrogen and oxygen atoms in total. The molecule has 2 N–H and O–H groups in total. The summed E-state index contributed by atoms with van der Waals surface area (Å²) in [5.74, 6) is -0.774. The number of nitrogens with zero attached hydrogens (tertiary/aromatic N) is 3. The Labute approximate surface area is 197 Å². The number of rotatable bonds is 6. The average Bonchev–Trinajstić information content (AvgIpc) is 3.20. The second-order valence-corrected chi connectivity index (χ2v) is 9.37. The van der Waals surface area contributed by atoms with Crippen molar-refractivity contribution >= 4 is 40.3 Å². The van der Waals surface area contributed by atoms with Crippen molar-refractivity contribution in [1.82, 2.24) is 15.2 Å². The molecule has 1 fully saturated rings. The predicted octanol–water partition coefficient (Wildman–Crippen LogP) is 3.39. The predicted molar refractivity (Wildman–Crippen MR) is 129 cm³/mol. The number of amidine groups is 1. The van der Waals surface area contributed by atoms with E-state index in [0.717, 1.165) is 36.7 Å². The smallest absolute Gasteiger partial charge is 0.262 e. The highest BCUT2D eigenvalue weighted by Gasteiger charge is 2.33. The number of pyridine rings is 1. The molecule has 2 aliphatic rings. The average molecular weight is 466 g/mol. The number of aromatic nitrogens is 1. The van der Waals surface area contributed by atoms with E-state index in [4.69, 9.17) is 0 Å². The Hall–Kier alpha value is -3.20. The van der Waals surface area contributed by atoms with Crippen molar-refractivity contribution < 1.29 is 14.4 Å². The molecule has 2 atom stereocenters. The van der Waals surface area contributed by atoms with Gasteiger partial charge in [0.15, 0.2) is 5.17 Å². The number of carbonyl (C=O) groups is 3. The van der Waals surface area contributed by atoms with E-state index in [2.05, 4.69) is 25.5 Å². The molecule has 0 unspecified atom stereocenters. The Morgan fingerprint density at radius 1 is 1.15 bits per heavy atom. The Bertz CT molecular complexity index is 1050. The third-order valence-electron chi connectivity index (χ3n) is 5.69. The van der Waals surface area contributed by atoms with Gasteiger partial charge >= 0.3 is 0 Å². The fraction of sp³-hybridized carbons (Fsp3) is 0.375. The lowest BCUT2D eigenvalue weighted by molar-refractivity contribution is -0.121. The highest BCUT2D eigenvalue weighted by atomic mass is 32.2. The van der Waals surface area contributed by atoms with Crippen LogP contribution >= 0.6 is 11.8 Å². The topological polar surface area (TPSA) is 104 Å². The van der Waals surface area contributed by atoms with Gasteiger partial charge in [0.2, 0.25) is 5.91 Å². The van der Waals surface area contributed by atoms with Crippen LogP contribution in [0.4, 0.5) is 5.69 Å². The van der Waals surface area contributed by atoms with Crippen molar-refractivity contribution in [2.45, 2.75) is 43.9 Å². The fourth-order valence-electron chi connectivity index (χ4n) is 3.86. The van der Waals surface area contributed by atoms with E-state index in [0.29, 0.717) is 11.3 Å². The first-order valence-corrected chi connectivity index (χ1v) is 12.0. The molecule has 0 spiro atoms. The molecule has 9 heteroatoms. The largest absolute Gasteiger partial charge is 0.351 e. The quantitative estimate of drug-likeness (QED) is 0.678. The summed E-state index contributed by atoms with van der Waals surface area (Å²) < 4.78 is 0. The van der Waals surface area contributed by atoms with Gasteiger partial charge in [0, 0.05) is 43.2 Å². The van der Waals surface area contributed by atoms with Crippen molar-refractivity contribution in [3.05, 3.63) is 59.9 Å². The van der Waals surface area contributed by atoms with Crippen LogP contribution < -0.4 is 10.6 Å². The molecule has 1 aromatic heterocycles. The van der Waals surface area contributed by atoms with Gasteiger partial charge in [-0.3, -0.25) is 19.4 Å². The fourth-order valence-corrected chi connectivity index (χ4v) is 4.98. The maximum Gasteiger partial charge on any atom is 0.262 e. The summed E-state index contributed by atoms with van der Waals surface area (Å²) in [6.07, 6.45) is 6.81. The molecule has 33 heavy (non-hydrogen) atoms. The lowest BCUT2D eigenvalue weighted by Crippen LogP contribution is -2.33. The van der Waals surface area contributed by atoms with Gasteiger partial charge in [-0.2, -0.15) is 4.99 Å². The summed E-state index contributed by atoms with van der Waals surface area (Å²) in [5.41, 5.74) is 1.90. The molecule has 1 saturated heterocycles. The minimum atomic E-state index is -0.505. The SMILES string of the molecule is C[C@H](NC(=O)c1cccc(NC(=O)C[C@H]2SC(N3CCCCC3)=NC2=O)c1)c1ccncc1. The first kappa shape index (κ1) is 23.0. The molecular formula is C24H27N5O3S. The summed E-state index contributed by atoms with van der Waals surface area (Å²) in [6.45, 7) is 3.72. The van der Waals surface area contributed by atoms with Crippen LogP contribution in [0.25, 0.3) is 0 Å². The van der Waals surface area contributed by atoms with Crippen LogP contribution in [0, 0.1) is 0 Å². The van der Waals surface area contributed by atoms with Crippen molar-refractivity contribution in [2.24, 2.45) is 4.99 Å². The number of hydrogen-bond acceptors (Lipinski definition) is 6. The number of thioether (sulfide) groups is 1. The van der Waals surface area contributed by atoms with Crippen LogP contribution in [0.5, 0.6) is 0 Å². The number of aliphatic imine (C=N–C) groups is 1. The number of hydrogen-bond donors (Lipinski definition) is 2. The Morgan fingerprint density at radius 3 is 2.67 bits per heavy atom. The lowest BCUT2D eigenvalue weighted by atomic mass is 10.1. The first-order valence-electron chi connectivity index (χ1n) is 11.1. The van der Waals surface area contributed by atoms with Gasteiger partial charge < -0.3 is 15.5 Å². The van der Waals surface area contributed by atoms with Gasteiger partial charge in [-0.05, 0) is 62.1 Å². The molecule has 0 bridgehead atoms. The molecule has 0 radical (unpaired) electrons. The van der Waals surface area contributed by atoms with Gasteiger partial charge in [-0.25, -0.2) is 0 Å². The van der Waals surface area contributed by atoms with Crippen LogP contribution in [0.15, 0.2) is 53.8 Å². The standard InChI is InChI=1S/C24H27N5O3S/c1-16(17-8-10-25-11-9-17)26-22(31)18-6-5-7-19(14-18)27-21(30)15-20-23(32)28-24(33-20)29-12-3-2-4-13-29/h5-11,14,16,20H,2-4,12-13,15H2,1H3,(H,26,31)(H,27,30)/t16-,20+/m0/s1. The number of benzene rings is 1. The summed E-state index contributed by atoms with van der Waals surface area (Å²) in [4.78, 5) is 47.9. The molecule has 1 aromatic carbocycles. The van der Waals surface area contributed by atoms with Crippen LogP contribution in [-0.2, 0) is 9.59 Å². The Morgan fingerprint density at radius 2 is 1.91 bits per heavy atom. The third kappa shape index (κ3) is 5.98. The molecule has 2 aromatic rings. The number of carbonyl (C=O) groups excluding carboxylic acids is 3. The maximum absolute atomic E-state index is 12.7. The molecular weight excluding hydrogens is 438 g/mol. The summed E-state index contributed by atoms with van der Waals surface area (Å²) in [5, 5.41) is 5.98. The highest BCUT2D eigenvalue weighted by Crippen LogP contribution is 2.29. The number of piperidine rings is 1. The van der Waals surface area contributed by atoms with E-state index >= 15 is 0 Å². The molecule has 0 aliphatic carbocycles. The molecule has 0 saturated carbocycles. The summed E-state index contributed by atoms with van der Waals surface area (Å²) >= 11 is 1.37. The third-order valence-corrected chi connectivity index (χ3v) is 6.90. The van der Waals surface area contributed by atoms with Crippen LogP contribution in [0.3, 0.4) is 0 Å². The van der Waals surface area contributed by atoms with E-state index in [9.17, 15) is 14.4 Å². The van der Waals surface area contributed by atoms with Crippen molar-refractivity contribution in [3.63, 3.8) is 0 Å². The number of nitrogens with one attached hydrogen (secondary N) is 2. The van der Waals surface area contributed by atoms with E-state index < -0.39 is 5.25 Å². The second-order valence-electron chi connectivity index (χ2n) is 8.20. The molecule has 172 valence electrons. The molecule has 3 amide bonds. The summed E-state index contributed by atoms with van der Waals surface area (Å²) in [7, 11) is 0. The minimum Gasteiger partial charge on any atom is -0.351 e. The van der Waals surface area contributed by atoms with Crippen LogP contribution in [0.1, 0.15) is 54.6 Å². The molecule has 3 heterocycles. The summed E-state index contributed by atoms with van der Waals surface area (Å²) in [6, 6.07) is 10.3. The Kier molecular flexibility index (Phi) is 7.39. The van der Waals surface area contributed by atoms with Gasteiger partial charge in [0.25, 0.3) is 11.8 Å². The molecule has 2 aliphatic heterocycles. The van der Waals surface area contributed by atoms with Crippen molar-refractivity contribution in [1.29, 1.82) is 0 Å². The van der Waals surface area contributed by atoms with Gasteiger partial charge in [-0.15, -0.1) is 0 Å². The first-order chi connectivity index (χ1) is 16.0. The zero-order chi connectivity index (χ0) is 23.2. The number of likely N-dealkylation sites (tertiary alicyclic amines) is 1. The van der Waals surface area contributed by atoms with E-state index in [1.165, 1.54) is 18.2 Å². The minimum absolute atomic E-state index is 0.0415. The van der Waals surface area contributed by atoms with Crippen molar-refractivity contribution in [3.8, 4) is 0 Å². The molecule has 4 rings (SSSR count). The Balaban J connectivity index is 1.31. The van der Waals surface area contributed by atoms with Gasteiger partial charge in [0.1, 0.15) is 5.25 Å². The zero-order valence-electron chi connectivity index (χ0n) is 18.5. The second kappa shape index (κ2) is 10.6. The lowest BCUT2D eigenvalue weighted by Gasteiger charge is -2.27. The highest BCUT2D eigenvalue weighted by molar-refractivity contribution is 8.15.